The number of benzene rings is 1. The van der Waals surface area contributed by atoms with E-state index in [0.29, 0.717) is 28.9 Å². The van der Waals surface area contributed by atoms with Gasteiger partial charge in [-0.2, -0.15) is 0 Å². The highest BCUT2D eigenvalue weighted by Crippen LogP contribution is 2.35. The van der Waals surface area contributed by atoms with Crippen molar-refractivity contribution in [3.63, 3.8) is 0 Å². The molecule has 1 aromatic carbocycles. The molecule has 1 aliphatic rings. The van der Waals surface area contributed by atoms with Crippen molar-refractivity contribution in [3.8, 4) is 0 Å². The first-order chi connectivity index (χ1) is 12.3. The van der Waals surface area contributed by atoms with Crippen LogP contribution in [-0.4, -0.2) is 28.0 Å². The molecule has 8 nitrogen and oxygen atoms in total. The number of carbonyl (C=O) groups is 3. The van der Waals surface area contributed by atoms with Crippen LogP contribution >= 0.6 is 0 Å². The Hall–Kier alpha value is -3.55. The number of nitrogens with two attached hydrogens (primary N) is 1. The number of aromatic amines is 1. The van der Waals surface area contributed by atoms with Gasteiger partial charge in [-0.3, -0.25) is 9.59 Å². The van der Waals surface area contributed by atoms with Gasteiger partial charge in [-0.1, -0.05) is 0 Å². The third kappa shape index (κ3) is 3.44. The maximum atomic E-state index is 12.3. The van der Waals surface area contributed by atoms with E-state index in [1.54, 1.807) is 30.5 Å². The molecule has 26 heavy (non-hydrogen) atoms. The molecule has 1 aliphatic heterocycles. The van der Waals surface area contributed by atoms with Crippen LogP contribution in [0.3, 0.4) is 0 Å². The van der Waals surface area contributed by atoms with Gasteiger partial charge in [0.05, 0.1) is 5.57 Å². The third-order valence-electron chi connectivity index (χ3n) is 4.25. The monoisotopic (exact) mass is 354 g/mol. The molecule has 3 rings (SSSR count). The van der Waals surface area contributed by atoms with Crippen LogP contribution < -0.4 is 16.4 Å². The molecule has 3 amide bonds. The largest absolute Gasteiger partial charge is 0.481 e. The molecule has 8 heteroatoms. The molecule has 0 unspecified atom stereocenters. The van der Waals surface area contributed by atoms with Gasteiger partial charge in [-0.25, -0.2) is 4.79 Å². The molecule has 0 aliphatic carbocycles. The molecule has 0 spiro atoms. The minimum atomic E-state index is -0.857. The van der Waals surface area contributed by atoms with E-state index in [0.717, 1.165) is 16.8 Å². The normalized spacial score (nSPS) is 14.2. The van der Waals surface area contributed by atoms with Gasteiger partial charge >= 0.3 is 12.0 Å². The fourth-order valence-corrected chi connectivity index (χ4v) is 2.90. The zero-order valence-corrected chi connectivity index (χ0v) is 14.1. The minimum absolute atomic E-state index is 0.0418. The van der Waals surface area contributed by atoms with Crippen molar-refractivity contribution in [2.24, 2.45) is 5.73 Å². The lowest BCUT2D eigenvalue weighted by molar-refractivity contribution is -0.137. The van der Waals surface area contributed by atoms with Crippen LogP contribution in [0.2, 0.25) is 0 Å². The number of aryl methyl sites for hydroxylation is 1. The second-order valence-electron chi connectivity index (χ2n) is 6.01. The van der Waals surface area contributed by atoms with Crippen molar-refractivity contribution >= 4 is 40.9 Å². The highest BCUT2D eigenvalue weighted by molar-refractivity contribution is 6.35. The number of rotatable bonds is 5. The van der Waals surface area contributed by atoms with Crippen molar-refractivity contribution < 1.29 is 19.5 Å². The number of anilines is 2. The Balaban J connectivity index is 1.94. The lowest BCUT2D eigenvalue weighted by Gasteiger charge is -2.05. The molecule has 0 bridgehead atoms. The Bertz CT molecular complexity index is 943. The van der Waals surface area contributed by atoms with Gasteiger partial charge in [0.2, 0.25) is 0 Å². The molecule has 134 valence electrons. The van der Waals surface area contributed by atoms with E-state index in [4.69, 9.17) is 10.8 Å². The summed E-state index contributed by atoms with van der Waals surface area (Å²) in [6, 6.07) is 4.33. The Morgan fingerprint density at radius 3 is 2.81 bits per heavy atom. The highest BCUT2D eigenvalue weighted by Gasteiger charge is 2.25. The zero-order valence-electron chi connectivity index (χ0n) is 14.1. The van der Waals surface area contributed by atoms with Gasteiger partial charge in [0.15, 0.2) is 0 Å². The number of nitrogens with one attached hydrogen (secondary N) is 3. The summed E-state index contributed by atoms with van der Waals surface area (Å²) in [5, 5.41) is 14.1. The molecule has 0 radical (unpaired) electrons. The van der Waals surface area contributed by atoms with Crippen molar-refractivity contribution in [1.29, 1.82) is 0 Å². The van der Waals surface area contributed by atoms with E-state index >= 15 is 0 Å². The number of hydrogen-bond donors (Lipinski definition) is 5. The van der Waals surface area contributed by atoms with E-state index < -0.39 is 12.0 Å². The van der Waals surface area contributed by atoms with Gasteiger partial charge in [-0.15, -0.1) is 0 Å². The number of H-pyrrole nitrogens is 1. The van der Waals surface area contributed by atoms with E-state index in [9.17, 15) is 14.4 Å². The average molecular weight is 354 g/mol. The van der Waals surface area contributed by atoms with Crippen LogP contribution in [0.4, 0.5) is 16.2 Å². The van der Waals surface area contributed by atoms with Gasteiger partial charge in [0.1, 0.15) is 0 Å². The number of carbonyl (C=O) groups excluding carboxylic acids is 2. The lowest BCUT2D eigenvalue weighted by atomic mass is 10.0. The molecule has 6 N–H and O–H groups in total. The predicted molar refractivity (Wildman–Crippen MR) is 97.6 cm³/mol. The summed E-state index contributed by atoms with van der Waals surface area (Å²) < 4.78 is 0. The van der Waals surface area contributed by atoms with Gasteiger partial charge < -0.3 is 26.5 Å². The standard InChI is InChI=1S/C18H18N4O4/c1-9-10(2-5-16(23)24)8-20-15(9)7-13-12-6-11(21-18(19)26)3-4-14(12)22-17(13)25/h3-4,6-8,20H,2,5H2,1H3,(H,22,25)(H,23,24)(H3,19,21,26). The number of aliphatic carboxylic acids is 1. The quantitative estimate of drug-likeness (QED) is 0.526. The number of primary amides is 1. The molecular weight excluding hydrogens is 336 g/mol. The Morgan fingerprint density at radius 2 is 2.12 bits per heavy atom. The summed E-state index contributed by atoms with van der Waals surface area (Å²) in [5.74, 6) is -1.11. The number of carboxylic acids is 1. The van der Waals surface area contributed by atoms with Gasteiger partial charge in [-0.05, 0) is 48.7 Å². The van der Waals surface area contributed by atoms with Crippen LogP contribution in [0.15, 0.2) is 24.4 Å². The topological polar surface area (TPSA) is 137 Å². The molecule has 0 atom stereocenters. The Morgan fingerprint density at radius 1 is 1.35 bits per heavy atom. The summed E-state index contributed by atoms with van der Waals surface area (Å²) in [6.07, 6.45) is 3.93. The lowest BCUT2D eigenvalue weighted by Crippen LogP contribution is -2.19. The first-order valence-electron chi connectivity index (χ1n) is 7.97. The van der Waals surface area contributed by atoms with Crippen molar-refractivity contribution in [2.45, 2.75) is 19.8 Å². The molecule has 2 aromatic rings. The van der Waals surface area contributed by atoms with Crippen LogP contribution in [-0.2, 0) is 16.0 Å². The predicted octanol–water partition coefficient (Wildman–Crippen LogP) is 2.32. The van der Waals surface area contributed by atoms with Crippen molar-refractivity contribution in [2.75, 3.05) is 10.6 Å². The first kappa shape index (κ1) is 17.3. The van der Waals surface area contributed by atoms with Crippen LogP contribution in [0, 0.1) is 6.92 Å². The number of amides is 3. The van der Waals surface area contributed by atoms with E-state index in [1.807, 2.05) is 6.92 Å². The Kier molecular flexibility index (Phi) is 4.49. The van der Waals surface area contributed by atoms with Crippen molar-refractivity contribution in [1.82, 2.24) is 4.98 Å². The smallest absolute Gasteiger partial charge is 0.316 e. The summed E-state index contributed by atoms with van der Waals surface area (Å²) in [5.41, 5.74) is 9.89. The zero-order chi connectivity index (χ0) is 18.8. The molecule has 0 fully saturated rings. The molecular formula is C18H18N4O4. The number of carboxylic acid groups (broad SMARTS) is 1. The van der Waals surface area contributed by atoms with Crippen LogP contribution in [0.25, 0.3) is 11.6 Å². The first-order valence-corrected chi connectivity index (χ1v) is 7.97. The maximum Gasteiger partial charge on any atom is 0.316 e. The highest BCUT2D eigenvalue weighted by atomic mass is 16.4. The molecule has 1 aromatic heterocycles. The van der Waals surface area contributed by atoms with E-state index in [-0.39, 0.29) is 12.3 Å². The Labute approximate surface area is 149 Å². The SMILES string of the molecule is Cc1c(CCC(=O)O)c[nH]c1C=C1C(=O)Nc2ccc(NC(N)=O)cc21. The number of urea groups is 1. The fraction of sp³-hybridized carbons (Fsp3) is 0.167. The fourth-order valence-electron chi connectivity index (χ4n) is 2.90. The van der Waals surface area contributed by atoms with E-state index in [1.165, 1.54) is 0 Å². The van der Waals surface area contributed by atoms with Crippen molar-refractivity contribution in [3.05, 3.63) is 46.8 Å². The van der Waals surface area contributed by atoms with Crippen LogP contribution in [0.5, 0.6) is 0 Å². The van der Waals surface area contributed by atoms with Gasteiger partial charge in [0.25, 0.3) is 5.91 Å². The number of hydrogen-bond acceptors (Lipinski definition) is 3. The van der Waals surface area contributed by atoms with E-state index in [2.05, 4.69) is 15.6 Å². The summed E-state index contributed by atoms with van der Waals surface area (Å²) >= 11 is 0. The number of fused-ring (bicyclic) bond motifs is 1. The minimum Gasteiger partial charge on any atom is -0.481 e. The molecule has 0 saturated carbocycles. The molecule has 0 saturated heterocycles. The van der Waals surface area contributed by atoms with Crippen LogP contribution in [0.1, 0.15) is 28.8 Å². The number of aromatic nitrogens is 1. The second-order valence-corrected chi connectivity index (χ2v) is 6.01. The maximum absolute atomic E-state index is 12.3. The summed E-state index contributed by atoms with van der Waals surface area (Å²) in [6.45, 7) is 1.87. The summed E-state index contributed by atoms with van der Waals surface area (Å²) in [4.78, 5) is 37.2. The average Bonchev–Trinajstić information content (AvgIpc) is 3.06. The molecule has 2 heterocycles. The third-order valence-corrected chi connectivity index (χ3v) is 4.25. The second kappa shape index (κ2) is 6.75. The summed E-state index contributed by atoms with van der Waals surface area (Å²) in [7, 11) is 0. The van der Waals surface area contributed by atoms with Gasteiger partial charge in [0, 0.05) is 35.2 Å².